The van der Waals surface area contributed by atoms with Crippen molar-refractivity contribution in [1.82, 2.24) is 19.1 Å². The summed E-state index contributed by atoms with van der Waals surface area (Å²) in [5, 5.41) is 8.31. The van der Waals surface area contributed by atoms with Gasteiger partial charge in [-0.05, 0) is 24.3 Å². The van der Waals surface area contributed by atoms with Crippen LogP contribution in [0.3, 0.4) is 0 Å². The fourth-order valence-electron chi connectivity index (χ4n) is 2.33. The molecule has 1 aromatic carbocycles. The molecule has 0 atom stereocenters. The second kappa shape index (κ2) is 6.89. The van der Waals surface area contributed by atoms with E-state index in [9.17, 15) is 13.2 Å². The maximum Gasteiger partial charge on any atom is 0.269 e. The third-order valence-corrected chi connectivity index (χ3v) is 5.66. The second-order valence-electron chi connectivity index (χ2n) is 5.64. The molecule has 3 aromatic rings. The van der Waals surface area contributed by atoms with E-state index in [1.807, 2.05) is 0 Å². The Kier molecular flexibility index (Phi) is 4.80. The average Bonchev–Trinajstić information content (AvgIpc) is 3.06. The van der Waals surface area contributed by atoms with Gasteiger partial charge in [0.05, 0.1) is 4.90 Å². The van der Waals surface area contributed by atoms with Gasteiger partial charge in [0.15, 0.2) is 10.8 Å². The van der Waals surface area contributed by atoms with Crippen LogP contribution in [0.5, 0.6) is 0 Å². The summed E-state index contributed by atoms with van der Waals surface area (Å²) in [6.45, 7) is 0. The van der Waals surface area contributed by atoms with Crippen LogP contribution in [-0.2, 0) is 14.8 Å². The maximum absolute atomic E-state index is 12.8. The number of benzene rings is 1. The Labute approximate surface area is 155 Å². The smallest absolute Gasteiger partial charge is 0.269 e. The van der Waals surface area contributed by atoms with Gasteiger partial charge in [0.1, 0.15) is 0 Å². The summed E-state index contributed by atoms with van der Waals surface area (Å²) in [6.07, 6.45) is 4.23. The van der Waals surface area contributed by atoms with Crippen molar-refractivity contribution in [3.8, 4) is 0 Å². The normalized spacial score (nSPS) is 12.0. The molecular weight excluding hydrogens is 376 g/mol. The molecule has 0 N–H and O–H groups in total. The SMILES string of the molecule is CN(C)C(=O)C=Cc1c(Cl)nnc2c1ccn2S(=O)(=O)c1ccccc1. The molecule has 0 saturated carbocycles. The third kappa shape index (κ3) is 3.21. The maximum atomic E-state index is 12.8. The van der Waals surface area contributed by atoms with E-state index in [1.165, 1.54) is 35.4 Å². The first-order chi connectivity index (χ1) is 12.3. The van der Waals surface area contributed by atoms with Crippen molar-refractivity contribution in [3.63, 3.8) is 0 Å². The van der Waals surface area contributed by atoms with Crippen molar-refractivity contribution in [2.45, 2.75) is 4.90 Å². The number of hydrogen-bond acceptors (Lipinski definition) is 5. The van der Waals surface area contributed by atoms with Crippen molar-refractivity contribution in [1.29, 1.82) is 0 Å². The zero-order valence-electron chi connectivity index (χ0n) is 14.0. The lowest BCUT2D eigenvalue weighted by Crippen LogP contribution is -2.18. The zero-order valence-corrected chi connectivity index (χ0v) is 15.6. The van der Waals surface area contributed by atoms with Gasteiger partial charge in [0.25, 0.3) is 10.0 Å². The van der Waals surface area contributed by atoms with E-state index < -0.39 is 10.0 Å². The lowest BCUT2D eigenvalue weighted by atomic mass is 10.2. The molecule has 0 aliphatic rings. The molecule has 0 fully saturated rings. The molecule has 3 rings (SSSR count). The van der Waals surface area contributed by atoms with E-state index in [1.54, 1.807) is 38.4 Å². The van der Waals surface area contributed by atoms with Gasteiger partial charge in [0, 0.05) is 37.3 Å². The highest BCUT2D eigenvalue weighted by molar-refractivity contribution is 7.90. The van der Waals surface area contributed by atoms with Crippen LogP contribution in [0.15, 0.2) is 53.6 Å². The quantitative estimate of drug-likeness (QED) is 0.638. The van der Waals surface area contributed by atoms with Gasteiger partial charge in [-0.3, -0.25) is 4.79 Å². The Hall–Kier alpha value is -2.71. The summed E-state index contributed by atoms with van der Waals surface area (Å²) in [5.74, 6) is -0.234. The number of likely N-dealkylation sites (N-methyl/N-ethyl adjacent to an activating group) is 1. The van der Waals surface area contributed by atoms with Gasteiger partial charge in [-0.1, -0.05) is 29.8 Å². The molecule has 2 heterocycles. The molecule has 0 aliphatic heterocycles. The van der Waals surface area contributed by atoms with Crippen LogP contribution >= 0.6 is 11.6 Å². The summed E-state index contributed by atoms with van der Waals surface area (Å²) < 4.78 is 26.7. The first-order valence-electron chi connectivity index (χ1n) is 7.55. The number of hydrogen-bond donors (Lipinski definition) is 0. The number of carbonyl (C=O) groups is 1. The first-order valence-corrected chi connectivity index (χ1v) is 9.37. The summed E-state index contributed by atoms with van der Waals surface area (Å²) in [6, 6.07) is 9.60. The molecule has 26 heavy (non-hydrogen) atoms. The van der Waals surface area contributed by atoms with Crippen LogP contribution < -0.4 is 0 Å². The topological polar surface area (TPSA) is 85.2 Å². The summed E-state index contributed by atoms with van der Waals surface area (Å²) in [7, 11) is -0.580. The number of aromatic nitrogens is 3. The monoisotopic (exact) mass is 390 g/mol. The van der Waals surface area contributed by atoms with Crippen molar-refractivity contribution in [2.24, 2.45) is 0 Å². The number of rotatable bonds is 4. The van der Waals surface area contributed by atoms with Crippen LogP contribution in [0.2, 0.25) is 5.15 Å². The number of fused-ring (bicyclic) bond motifs is 1. The van der Waals surface area contributed by atoms with Crippen LogP contribution in [0.25, 0.3) is 17.1 Å². The molecule has 0 aliphatic carbocycles. The summed E-state index contributed by atoms with van der Waals surface area (Å²) >= 11 is 6.10. The fraction of sp³-hybridized carbons (Fsp3) is 0.118. The number of amides is 1. The number of nitrogens with zero attached hydrogens (tertiary/aromatic N) is 4. The minimum atomic E-state index is -3.82. The zero-order chi connectivity index (χ0) is 18.9. The summed E-state index contributed by atoms with van der Waals surface area (Å²) in [5.41, 5.74) is 0.559. The fourth-order valence-corrected chi connectivity index (χ4v) is 3.85. The molecule has 134 valence electrons. The molecule has 7 nitrogen and oxygen atoms in total. The Morgan fingerprint density at radius 1 is 1.15 bits per heavy atom. The van der Waals surface area contributed by atoms with Crippen molar-refractivity contribution < 1.29 is 13.2 Å². The molecular formula is C17H15ClN4O3S. The highest BCUT2D eigenvalue weighted by Gasteiger charge is 2.21. The Morgan fingerprint density at radius 3 is 2.50 bits per heavy atom. The van der Waals surface area contributed by atoms with Gasteiger partial charge in [0.2, 0.25) is 5.91 Å². The van der Waals surface area contributed by atoms with Gasteiger partial charge in [-0.25, -0.2) is 12.4 Å². The van der Waals surface area contributed by atoms with Crippen molar-refractivity contribution >= 4 is 44.6 Å². The third-order valence-electron chi connectivity index (χ3n) is 3.70. The number of carbonyl (C=O) groups excluding carboxylic acids is 1. The lowest BCUT2D eigenvalue weighted by molar-refractivity contribution is -0.123. The average molecular weight is 391 g/mol. The molecule has 0 spiro atoms. The molecule has 2 aromatic heterocycles. The van der Waals surface area contributed by atoms with E-state index in [0.717, 1.165) is 3.97 Å². The summed E-state index contributed by atoms with van der Waals surface area (Å²) in [4.78, 5) is 13.3. The van der Waals surface area contributed by atoms with E-state index in [2.05, 4.69) is 10.2 Å². The van der Waals surface area contributed by atoms with Gasteiger partial charge in [-0.15, -0.1) is 10.2 Å². The van der Waals surface area contributed by atoms with E-state index in [4.69, 9.17) is 11.6 Å². The van der Waals surface area contributed by atoms with Crippen LogP contribution in [-0.4, -0.2) is 47.5 Å². The van der Waals surface area contributed by atoms with E-state index >= 15 is 0 Å². The highest BCUT2D eigenvalue weighted by atomic mass is 35.5. The Morgan fingerprint density at radius 2 is 1.85 bits per heavy atom. The molecule has 0 unspecified atom stereocenters. The predicted molar refractivity (Wildman–Crippen MR) is 99.3 cm³/mol. The first kappa shape index (κ1) is 18.1. The number of halogens is 1. The standard InChI is InChI=1S/C17H15ClN4O3S/c1-21(2)15(23)9-8-13-14-10-11-22(17(14)20-19-16(13)18)26(24,25)12-6-4-3-5-7-12/h3-11H,1-2H3. The van der Waals surface area contributed by atoms with Gasteiger partial charge >= 0.3 is 0 Å². The van der Waals surface area contributed by atoms with Crippen molar-refractivity contribution in [2.75, 3.05) is 14.1 Å². The Bertz CT molecular complexity index is 1110. The minimum absolute atomic E-state index is 0.0789. The molecule has 9 heteroatoms. The minimum Gasteiger partial charge on any atom is -0.345 e. The highest BCUT2D eigenvalue weighted by Crippen LogP contribution is 2.27. The lowest BCUT2D eigenvalue weighted by Gasteiger charge is -2.07. The Balaban J connectivity index is 2.15. The molecule has 0 bridgehead atoms. The molecule has 0 saturated heterocycles. The largest absolute Gasteiger partial charge is 0.345 e. The van der Waals surface area contributed by atoms with E-state index in [0.29, 0.717) is 10.9 Å². The predicted octanol–water partition coefficient (Wildman–Crippen LogP) is 2.42. The van der Waals surface area contributed by atoms with E-state index in [-0.39, 0.29) is 21.6 Å². The van der Waals surface area contributed by atoms with Crippen LogP contribution in [0, 0.1) is 0 Å². The molecule has 1 amide bonds. The van der Waals surface area contributed by atoms with Gasteiger partial charge < -0.3 is 4.90 Å². The van der Waals surface area contributed by atoms with Crippen LogP contribution in [0.1, 0.15) is 5.56 Å². The van der Waals surface area contributed by atoms with Crippen LogP contribution in [0.4, 0.5) is 0 Å². The van der Waals surface area contributed by atoms with Gasteiger partial charge in [-0.2, -0.15) is 0 Å². The second-order valence-corrected chi connectivity index (χ2v) is 7.81. The molecule has 0 radical (unpaired) electrons. The van der Waals surface area contributed by atoms with Crippen molar-refractivity contribution in [3.05, 3.63) is 59.4 Å².